The molecule has 4 rings (SSSR count). The highest BCUT2D eigenvalue weighted by Crippen LogP contribution is 2.30. The summed E-state index contributed by atoms with van der Waals surface area (Å²) in [4.78, 5) is 31.0. The highest BCUT2D eigenvalue weighted by atomic mass is 32.1. The number of nitrogens with one attached hydrogen (secondary N) is 1. The summed E-state index contributed by atoms with van der Waals surface area (Å²) in [6, 6.07) is 14.3. The monoisotopic (exact) mass is 425 g/mol. The Labute approximate surface area is 178 Å². The van der Waals surface area contributed by atoms with Crippen molar-refractivity contribution in [1.29, 1.82) is 0 Å². The molecule has 156 valence electrons. The van der Waals surface area contributed by atoms with Gasteiger partial charge >= 0.3 is 0 Å². The van der Waals surface area contributed by atoms with Gasteiger partial charge in [0, 0.05) is 25.4 Å². The first-order chi connectivity index (χ1) is 14.4. The van der Waals surface area contributed by atoms with E-state index in [9.17, 15) is 14.0 Å². The molecule has 2 heterocycles. The van der Waals surface area contributed by atoms with Crippen LogP contribution in [0.1, 0.15) is 36.3 Å². The number of para-hydroxylation sites is 1. The van der Waals surface area contributed by atoms with Gasteiger partial charge in [0.2, 0.25) is 11.8 Å². The van der Waals surface area contributed by atoms with Crippen LogP contribution >= 0.6 is 11.3 Å². The van der Waals surface area contributed by atoms with Gasteiger partial charge in [-0.15, -0.1) is 11.3 Å². The van der Waals surface area contributed by atoms with E-state index in [1.807, 2.05) is 24.3 Å². The van der Waals surface area contributed by atoms with E-state index in [-0.39, 0.29) is 17.6 Å². The van der Waals surface area contributed by atoms with Crippen molar-refractivity contribution >= 4 is 33.4 Å². The van der Waals surface area contributed by atoms with Crippen molar-refractivity contribution in [2.45, 2.75) is 44.2 Å². The van der Waals surface area contributed by atoms with E-state index in [1.54, 1.807) is 35.4 Å². The number of hydrogen-bond donors (Lipinski definition) is 1. The van der Waals surface area contributed by atoms with Gasteiger partial charge in [-0.25, -0.2) is 9.37 Å². The van der Waals surface area contributed by atoms with Gasteiger partial charge in [-0.05, 0) is 49.1 Å². The number of aromatic nitrogens is 1. The molecule has 1 N–H and O–H groups in total. The van der Waals surface area contributed by atoms with E-state index >= 15 is 0 Å². The Balaban J connectivity index is 1.39. The van der Waals surface area contributed by atoms with Gasteiger partial charge in [0.05, 0.1) is 16.8 Å². The lowest BCUT2D eigenvalue weighted by Gasteiger charge is -2.30. The zero-order chi connectivity index (χ0) is 21.1. The number of hydrogen-bond acceptors (Lipinski definition) is 4. The lowest BCUT2D eigenvalue weighted by molar-refractivity contribution is -0.131. The molecule has 1 aromatic heterocycles. The van der Waals surface area contributed by atoms with Crippen LogP contribution in [0.5, 0.6) is 0 Å². The van der Waals surface area contributed by atoms with E-state index in [0.29, 0.717) is 38.6 Å². The number of rotatable bonds is 7. The summed E-state index contributed by atoms with van der Waals surface area (Å²) in [5.74, 6) is -0.254. The molecule has 1 atom stereocenters. The van der Waals surface area contributed by atoms with Gasteiger partial charge in [0.1, 0.15) is 10.8 Å². The second kappa shape index (κ2) is 8.52. The molecule has 1 aliphatic rings. The Bertz CT molecular complexity index is 1030. The molecule has 3 aromatic rings. The number of benzene rings is 2. The van der Waals surface area contributed by atoms with Gasteiger partial charge in [-0.2, -0.15) is 0 Å². The maximum Gasteiger partial charge on any atom is 0.222 e. The van der Waals surface area contributed by atoms with Crippen molar-refractivity contribution in [3.05, 3.63) is 64.9 Å². The molecule has 0 saturated carbocycles. The standard InChI is InChI=1S/C23H24FN3O2S/c1-27(15-21-25-18-4-2-3-5-19(18)30-21)22(29)11-13-23(12-10-20(28)26-23)14-16-6-8-17(24)9-7-16/h2-9H,10-15H2,1H3,(H,26,28)/t23-/m1/s1. The summed E-state index contributed by atoms with van der Waals surface area (Å²) >= 11 is 1.60. The van der Waals surface area contributed by atoms with Gasteiger partial charge in [-0.3, -0.25) is 9.59 Å². The molecule has 0 unspecified atom stereocenters. The SMILES string of the molecule is CN(Cc1nc2ccccc2s1)C(=O)CC[C@@]1(Cc2ccc(F)cc2)CCC(=O)N1. The van der Waals surface area contributed by atoms with Crippen molar-refractivity contribution in [3.8, 4) is 0 Å². The topological polar surface area (TPSA) is 62.3 Å². The first-order valence-electron chi connectivity index (χ1n) is 10.1. The fourth-order valence-electron chi connectivity index (χ4n) is 3.99. The van der Waals surface area contributed by atoms with Crippen LogP contribution in [0.25, 0.3) is 10.2 Å². The van der Waals surface area contributed by atoms with E-state index in [0.717, 1.165) is 20.8 Å². The third-order valence-corrected chi connectivity index (χ3v) is 6.67. The predicted octanol–water partition coefficient (Wildman–Crippen LogP) is 4.07. The van der Waals surface area contributed by atoms with Crippen LogP contribution in [-0.4, -0.2) is 34.3 Å². The minimum Gasteiger partial charge on any atom is -0.350 e. The van der Waals surface area contributed by atoms with Gasteiger partial charge in [0.25, 0.3) is 0 Å². The highest BCUT2D eigenvalue weighted by molar-refractivity contribution is 7.18. The smallest absolute Gasteiger partial charge is 0.222 e. The zero-order valence-electron chi connectivity index (χ0n) is 16.9. The van der Waals surface area contributed by atoms with Crippen LogP contribution in [-0.2, 0) is 22.6 Å². The largest absolute Gasteiger partial charge is 0.350 e. The fourth-order valence-corrected chi connectivity index (χ4v) is 5.01. The van der Waals surface area contributed by atoms with Crippen molar-refractivity contribution < 1.29 is 14.0 Å². The first-order valence-corrected chi connectivity index (χ1v) is 10.9. The third-order valence-electron chi connectivity index (χ3n) is 5.64. The van der Waals surface area contributed by atoms with Crippen LogP contribution in [0.3, 0.4) is 0 Å². The minimum atomic E-state index is -0.457. The Morgan fingerprint density at radius 3 is 2.70 bits per heavy atom. The molecular weight excluding hydrogens is 401 g/mol. The first kappa shape index (κ1) is 20.5. The van der Waals surface area contributed by atoms with E-state index in [1.165, 1.54) is 12.1 Å². The Morgan fingerprint density at radius 2 is 2.00 bits per heavy atom. The Hall–Kier alpha value is -2.80. The number of carbonyl (C=O) groups excluding carboxylic acids is 2. The van der Waals surface area contributed by atoms with Crippen molar-refractivity contribution in [1.82, 2.24) is 15.2 Å². The summed E-state index contributed by atoms with van der Waals surface area (Å²) in [5.41, 5.74) is 1.44. The number of carbonyl (C=O) groups is 2. The summed E-state index contributed by atoms with van der Waals surface area (Å²) in [5, 5.41) is 3.98. The van der Waals surface area contributed by atoms with E-state index in [4.69, 9.17) is 0 Å². The number of amides is 2. The summed E-state index contributed by atoms with van der Waals surface area (Å²) in [6.45, 7) is 0.468. The molecule has 1 saturated heterocycles. The fraction of sp³-hybridized carbons (Fsp3) is 0.348. The molecular formula is C23H24FN3O2S. The van der Waals surface area contributed by atoms with Crippen LogP contribution in [0.2, 0.25) is 0 Å². The predicted molar refractivity (Wildman–Crippen MR) is 116 cm³/mol. The average Bonchev–Trinajstić information content (AvgIpc) is 3.31. The maximum absolute atomic E-state index is 13.2. The molecule has 30 heavy (non-hydrogen) atoms. The molecule has 5 nitrogen and oxygen atoms in total. The summed E-state index contributed by atoms with van der Waals surface area (Å²) in [6.07, 6.45) is 2.62. The van der Waals surface area contributed by atoms with Gasteiger partial charge in [0.15, 0.2) is 0 Å². The zero-order valence-corrected chi connectivity index (χ0v) is 17.7. The normalized spacial score (nSPS) is 18.5. The van der Waals surface area contributed by atoms with Gasteiger partial charge in [-0.1, -0.05) is 24.3 Å². The van der Waals surface area contributed by atoms with Crippen molar-refractivity contribution in [2.75, 3.05) is 7.05 Å². The van der Waals surface area contributed by atoms with Crippen molar-refractivity contribution in [2.24, 2.45) is 0 Å². The maximum atomic E-state index is 13.2. The number of thiazole rings is 1. The lowest BCUT2D eigenvalue weighted by Crippen LogP contribution is -2.44. The van der Waals surface area contributed by atoms with Crippen LogP contribution in [0.4, 0.5) is 4.39 Å². The minimum absolute atomic E-state index is 0.00684. The molecule has 0 radical (unpaired) electrons. The average molecular weight is 426 g/mol. The van der Waals surface area contributed by atoms with Crippen LogP contribution in [0.15, 0.2) is 48.5 Å². The van der Waals surface area contributed by atoms with Gasteiger partial charge < -0.3 is 10.2 Å². The van der Waals surface area contributed by atoms with Crippen LogP contribution < -0.4 is 5.32 Å². The molecule has 0 spiro atoms. The highest BCUT2D eigenvalue weighted by Gasteiger charge is 2.38. The second-order valence-electron chi connectivity index (χ2n) is 7.96. The molecule has 1 aliphatic heterocycles. The number of halogens is 1. The molecule has 1 fully saturated rings. The number of nitrogens with zero attached hydrogens (tertiary/aromatic N) is 2. The third kappa shape index (κ3) is 4.67. The van der Waals surface area contributed by atoms with E-state index < -0.39 is 5.54 Å². The molecule has 7 heteroatoms. The Kier molecular flexibility index (Phi) is 5.81. The molecule has 0 bridgehead atoms. The van der Waals surface area contributed by atoms with Crippen molar-refractivity contribution in [3.63, 3.8) is 0 Å². The molecule has 2 aromatic carbocycles. The molecule has 0 aliphatic carbocycles. The molecule has 2 amide bonds. The number of fused-ring (bicyclic) bond motifs is 1. The lowest BCUT2D eigenvalue weighted by atomic mass is 9.85. The quantitative estimate of drug-likeness (QED) is 0.621. The van der Waals surface area contributed by atoms with Crippen LogP contribution in [0, 0.1) is 5.82 Å². The summed E-state index contributed by atoms with van der Waals surface area (Å²) in [7, 11) is 1.79. The van der Waals surface area contributed by atoms with E-state index in [2.05, 4.69) is 10.3 Å². The summed E-state index contributed by atoms with van der Waals surface area (Å²) < 4.78 is 14.3. The second-order valence-corrected chi connectivity index (χ2v) is 9.07. The Morgan fingerprint density at radius 1 is 1.23 bits per heavy atom.